The first-order valence-electron chi connectivity index (χ1n) is 10.8. The van der Waals surface area contributed by atoms with Gasteiger partial charge < -0.3 is 9.47 Å². The second-order valence-corrected chi connectivity index (χ2v) is 8.45. The zero-order chi connectivity index (χ0) is 20.6. The van der Waals surface area contributed by atoms with E-state index in [1.54, 1.807) is 12.1 Å². The average molecular weight is 421 g/mol. The van der Waals surface area contributed by atoms with Crippen LogP contribution >= 0.6 is 11.3 Å². The molecule has 0 saturated heterocycles. The second-order valence-electron chi connectivity index (χ2n) is 7.43. The maximum Gasteiger partial charge on any atom is 0.182 e. The summed E-state index contributed by atoms with van der Waals surface area (Å²) < 4.78 is 42.1. The molecule has 0 aliphatic carbocycles. The standard InChI is InChI=1S/C24H30F2O2S/c1-3-5-7-8-10-16-28-20-14-12-18-17-11-13-19(27-15-9-6-4-2)21(25)23(17)29-24(18)22(20)26/h11-14H,3-10,15-16H2,1-2H3. The number of hydrogen-bond donors (Lipinski definition) is 0. The third kappa shape index (κ3) is 5.19. The Labute approximate surface area is 175 Å². The summed E-state index contributed by atoms with van der Waals surface area (Å²) in [6, 6.07) is 6.95. The van der Waals surface area contributed by atoms with Gasteiger partial charge in [0.25, 0.3) is 0 Å². The highest BCUT2D eigenvalue weighted by Crippen LogP contribution is 2.41. The third-order valence-corrected chi connectivity index (χ3v) is 6.34. The molecule has 0 saturated carbocycles. The number of fused-ring (bicyclic) bond motifs is 3. The van der Waals surface area contributed by atoms with E-state index in [4.69, 9.17) is 9.47 Å². The lowest BCUT2D eigenvalue weighted by Gasteiger charge is -2.08. The number of thiophene rings is 1. The summed E-state index contributed by atoms with van der Waals surface area (Å²) in [5.41, 5.74) is 0. The molecule has 3 rings (SSSR count). The molecule has 0 aliphatic rings. The van der Waals surface area contributed by atoms with Gasteiger partial charge in [-0.15, -0.1) is 11.3 Å². The highest BCUT2D eigenvalue weighted by Gasteiger charge is 2.18. The smallest absolute Gasteiger partial charge is 0.182 e. The first-order valence-corrected chi connectivity index (χ1v) is 11.6. The van der Waals surface area contributed by atoms with E-state index >= 15 is 0 Å². The Balaban J connectivity index is 1.76. The van der Waals surface area contributed by atoms with Crippen molar-refractivity contribution in [2.75, 3.05) is 13.2 Å². The number of halogens is 2. The predicted octanol–water partition coefficient (Wildman–Crippen LogP) is 8.25. The van der Waals surface area contributed by atoms with Gasteiger partial charge in [-0.05, 0) is 37.1 Å². The molecule has 0 radical (unpaired) electrons. The van der Waals surface area contributed by atoms with Gasteiger partial charge in [-0.1, -0.05) is 52.4 Å². The molecule has 0 amide bonds. The van der Waals surface area contributed by atoms with Gasteiger partial charge in [0, 0.05) is 10.8 Å². The number of benzene rings is 2. The van der Waals surface area contributed by atoms with Crippen molar-refractivity contribution < 1.29 is 18.3 Å². The van der Waals surface area contributed by atoms with Gasteiger partial charge in [0.2, 0.25) is 0 Å². The minimum atomic E-state index is -0.405. The minimum Gasteiger partial charge on any atom is -0.490 e. The molecule has 1 aromatic heterocycles. The monoisotopic (exact) mass is 420 g/mol. The summed E-state index contributed by atoms with van der Waals surface area (Å²) in [5.74, 6) is -0.319. The molecule has 2 aromatic carbocycles. The summed E-state index contributed by atoms with van der Waals surface area (Å²) in [6.07, 6.45) is 8.64. The van der Waals surface area contributed by atoms with E-state index in [1.807, 2.05) is 12.1 Å². The van der Waals surface area contributed by atoms with Gasteiger partial charge in [0.15, 0.2) is 23.1 Å². The van der Waals surface area contributed by atoms with Crippen LogP contribution in [0, 0.1) is 11.6 Å². The van der Waals surface area contributed by atoms with Crippen LogP contribution in [0.4, 0.5) is 8.78 Å². The quantitative estimate of drug-likeness (QED) is 0.275. The minimum absolute atomic E-state index is 0.240. The molecule has 158 valence electrons. The molecule has 29 heavy (non-hydrogen) atoms. The average Bonchev–Trinajstić information content (AvgIpc) is 3.11. The largest absolute Gasteiger partial charge is 0.490 e. The van der Waals surface area contributed by atoms with Gasteiger partial charge in [-0.3, -0.25) is 0 Å². The molecule has 0 fully saturated rings. The van der Waals surface area contributed by atoms with Crippen LogP contribution in [0.2, 0.25) is 0 Å². The van der Waals surface area contributed by atoms with E-state index in [-0.39, 0.29) is 11.5 Å². The van der Waals surface area contributed by atoms with E-state index < -0.39 is 11.6 Å². The van der Waals surface area contributed by atoms with Crippen LogP contribution < -0.4 is 9.47 Å². The Bertz CT molecular complexity index is 936. The zero-order valence-electron chi connectivity index (χ0n) is 17.4. The number of rotatable bonds is 12. The molecule has 5 heteroatoms. The molecule has 1 heterocycles. The molecular weight excluding hydrogens is 390 g/mol. The molecule has 2 nitrogen and oxygen atoms in total. The molecule has 0 bridgehead atoms. The van der Waals surface area contributed by atoms with Crippen LogP contribution in [0.25, 0.3) is 20.2 Å². The molecule has 3 aromatic rings. The lowest BCUT2D eigenvalue weighted by molar-refractivity contribution is 0.291. The lowest BCUT2D eigenvalue weighted by atomic mass is 10.1. The highest BCUT2D eigenvalue weighted by molar-refractivity contribution is 7.25. The number of ether oxygens (including phenoxy) is 2. The van der Waals surface area contributed by atoms with Crippen LogP contribution in [-0.2, 0) is 0 Å². The summed E-state index contributed by atoms with van der Waals surface area (Å²) >= 11 is 1.13. The first-order chi connectivity index (χ1) is 14.2. The van der Waals surface area contributed by atoms with Crippen molar-refractivity contribution in [3.05, 3.63) is 35.9 Å². The Hall–Kier alpha value is -1.88. The normalized spacial score (nSPS) is 11.4. The Morgan fingerprint density at radius 2 is 1.10 bits per heavy atom. The third-order valence-electron chi connectivity index (χ3n) is 5.13. The molecular formula is C24H30F2O2S. The van der Waals surface area contributed by atoms with Gasteiger partial charge in [0.05, 0.1) is 22.6 Å². The van der Waals surface area contributed by atoms with Crippen molar-refractivity contribution in [1.82, 2.24) is 0 Å². The summed E-state index contributed by atoms with van der Waals surface area (Å²) in [4.78, 5) is 0. The van der Waals surface area contributed by atoms with E-state index in [0.717, 1.165) is 43.4 Å². The van der Waals surface area contributed by atoms with Gasteiger partial charge in [-0.2, -0.15) is 0 Å². The fraction of sp³-hybridized carbons (Fsp3) is 0.500. The number of hydrogen-bond acceptors (Lipinski definition) is 3. The van der Waals surface area contributed by atoms with E-state index in [9.17, 15) is 8.78 Å². The summed E-state index contributed by atoms with van der Waals surface area (Å²) in [7, 11) is 0. The summed E-state index contributed by atoms with van der Waals surface area (Å²) in [6.45, 7) is 5.28. The Morgan fingerprint density at radius 3 is 1.62 bits per heavy atom. The van der Waals surface area contributed by atoms with Gasteiger partial charge >= 0.3 is 0 Å². The van der Waals surface area contributed by atoms with Gasteiger partial charge in [-0.25, -0.2) is 8.78 Å². The second kappa shape index (κ2) is 10.8. The molecule has 0 N–H and O–H groups in total. The summed E-state index contributed by atoms with van der Waals surface area (Å²) in [5, 5.41) is 1.43. The van der Waals surface area contributed by atoms with Crippen LogP contribution in [-0.4, -0.2) is 13.2 Å². The Kier molecular flexibility index (Phi) is 8.10. The molecule has 0 unspecified atom stereocenters. The van der Waals surface area contributed by atoms with Crippen LogP contribution in [0.3, 0.4) is 0 Å². The van der Waals surface area contributed by atoms with Crippen molar-refractivity contribution >= 4 is 31.5 Å². The fourth-order valence-corrected chi connectivity index (χ4v) is 4.61. The van der Waals surface area contributed by atoms with E-state index in [2.05, 4.69) is 13.8 Å². The fourth-order valence-electron chi connectivity index (χ4n) is 3.45. The van der Waals surface area contributed by atoms with Crippen molar-refractivity contribution in [2.45, 2.75) is 65.2 Å². The van der Waals surface area contributed by atoms with Crippen LogP contribution in [0.15, 0.2) is 24.3 Å². The first kappa shape index (κ1) is 21.8. The molecule has 0 aliphatic heterocycles. The topological polar surface area (TPSA) is 18.5 Å². The van der Waals surface area contributed by atoms with Crippen LogP contribution in [0.5, 0.6) is 11.5 Å². The SMILES string of the molecule is CCCCCCCOc1ccc2c(sc3c(F)c(OCCCCC)ccc32)c1F. The van der Waals surface area contributed by atoms with Crippen molar-refractivity contribution in [1.29, 1.82) is 0 Å². The van der Waals surface area contributed by atoms with Gasteiger partial charge in [0.1, 0.15) is 0 Å². The molecule has 0 atom stereocenters. The maximum absolute atomic E-state index is 15.0. The highest BCUT2D eigenvalue weighted by atomic mass is 32.1. The van der Waals surface area contributed by atoms with Crippen molar-refractivity contribution in [3.63, 3.8) is 0 Å². The van der Waals surface area contributed by atoms with Crippen molar-refractivity contribution in [2.24, 2.45) is 0 Å². The van der Waals surface area contributed by atoms with Crippen molar-refractivity contribution in [3.8, 4) is 11.5 Å². The number of unbranched alkanes of at least 4 members (excludes halogenated alkanes) is 6. The lowest BCUT2D eigenvalue weighted by Crippen LogP contribution is -1.99. The van der Waals surface area contributed by atoms with E-state index in [0.29, 0.717) is 33.4 Å². The Morgan fingerprint density at radius 1 is 0.655 bits per heavy atom. The molecule has 0 spiro atoms. The van der Waals surface area contributed by atoms with Crippen LogP contribution in [0.1, 0.15) is 65.2 Å². The zero-order valence-corrected chi connectivity index (χ0v) is 18.2. The van der Waals surface area contributed by atoms with E-state index in [1.165, 1.54) is 19.3 Å². The maximum atomic E-state index is 15.0. The predicted molar refractivity (Wildman–Crippen MR) is 119 cm³/mol.